The first-order valence-electron chi connectivity index (χ1n) is 5.39. The van der Waals surface area contributed by atoms with Gasteiger partial charge < -0.3 is 5.73 Å². The number of hydrogen-bond acceptors (Lipinski definition) is 1. The van der Waals surface area contributed by atoms with Gasteiger partial charge in [-0.2, -0.15) is 0 Å². The number of hydrogen-bond donors (Lipinski definition) is 1. The fourth-order valence-electron chi connectivity index (χ4n) is 1.63. The molecule has 1 amide bonds. The predicted octanol–water partition coefficient (Wildman–Crippen LogP) is 2.85. The van der Waals surface area contributed by atoms with E-state index in [1.807, 2.05) is 42.5 Å². The molecule has 0 aliphatic carbocycles. The molecule has 0 spiro atoms. The molecule has 0 unspecified atom stereocenters. The van der Waals surface area contributed by atoms with Gasteiger partial charge in [0.25, 0.3) is 0 Å². The summed E-state index contributed by atoms with van der Waals surface area (Å²) < 4.78 is 0. The van der Waals surface area contributed by atoms with Crippen LogP contribution in [0.5, 0.6) is 0 Å². The molecule has 2 aromatic carbocycles. The highest BCUT2D eigenvalue weighted by atomic mass is 16.1. The number of primary amides is 1. The molecule has 0 bridgehead atoms. The molecule has 0 aliphatic heterocycles. The van der Waals surface area contributed by atoms with Gasteiger partial charge in [0.05, 0.1) is 0 Å². The maximum atomic E-state index is 10.7. The van der Waals surface area contributed by atoms with Crippen LogP contribution in [-0.2, 0) is 4.79 Å². The van der Waals surface area contributed by atoms with E-state index in [0.29, 0.717) is 0 Å². The summed E-state index contributed by atoms with van der Waals surface area (Å²) >= 11 is 0. The maximum absolute atomic E-state index is 10.7. The first-order chi connectivity index (χ1) is 8.25. The largest absolute Gasteiger partial charge is 0.366 e. The fraction of sp³-hybridized carbons (Fsp3) is 0. The van der Waals surface area contributed by atoms with Crippen molar-refractivity contribution in [2.75, 3.05) is 0 Å². The van der Waals surface area contributed by atoms with Gasteiger partial charge in [-0.3, -0.25) is 4.79 Å². The van der Waals surface area contributed by atoms with E-state index in [9.17, 15) is 4.79 Å². The van der Waals surface area contributed by atoms with Gasteiger partial charge in [0.1, 0.15) is 0 Å². The zero-order valence-electron chi connectivity index (χ0n) is 9.34. The van der Waals surface area contributed by atoms with Crippen molar-refractivity contribution in [2.24, 2.45) is 5.73 Å². The van der Waals surface area contributed by atoms with Crippen LogP contribution in [0.15, 0.2) is 60.7 Å². The fourth-order valence-corrected chi connectivity index (χ4v) is 1.63. The van der Waals surface area contributed by atoms with E-state index >= 15 is 0 Å². The molecule has 2 aromatic rings. The second-order valence-corrected chi connectivity index (χ2v) is 3.73. The molecule has 2 rings (SSSR count). The second kappa shape index (κ2) is 5.12. The van der Waals surface area contributed by atoms with Crippen molar-refractivity contribution < 1.29 is 4.79 Å². The van der Waals surface area contributed by atoms with Crippen molar-refractivity contribution in [1.82, 2.24) is 0 Å². The number of carbonyl (C=O) groups is 1. The minimum atomic E-state index is -0.435. The molecule has 0 fully saturated rings. The molecule has 2 nitrogen and oxygen atoms in total. The van der Waals surface area contributed by atoms with Crippen molar-refractivity contribution >= 4 is 12.0 Å². The lowest BCUT2D eigenvalue weighted by Gasteiger charge is -2.02. The van der Waals surface area contributed by atoms with E-state index in [-0.39, 0.29) is 0 Å². The van der Waals surface area contributed by atoms with Crippen LogP contribution in [0.3, 0.4) is 0 Å². The highest BCUT2D eigenvalue weighted by Crippen LogP contribution is 2.20. The molecule has 0 saturated heterocycles. The SMILES string of the molecule is NC(=O)/C=C\c1cccc(-c2ccccc2)c1. The summed E-state index contributed by atoms with van der Waals surface area (Å²) in [6.45, 7) is 0. The van der Waals surface area contributed by atoms with Crippen LogP contribution in [0.25, 0.3) is 17.2 Å². The minimum Gasteiger partial charge on any atom is -0.366 e. The normalized spacial score (nSPS) is 10.6. The molecule has 0 aliphatic rings. The van der Waals surface area contributed by atoms with Gasteiger partial charge in [0.2, 0.25) is 5.91 Å². The number of amides is 1. The van der Waals surface area contributed by atoms with E-state index in [1.165, 1.54) is 6.08 Å². The van der Waals surface area contributed by atoms with E-state index in [1.54, 1.807) is 6.08 Å². The Balaban J connectivity index is 2.32. The van der Waals surface area contributed by atoms with Gasteiger partial charge in [0, 0.05) is 6.08 Å². The van der Waals surface area contributed by atoms with Crippen molar-refractivity contribution in [3.8, 4) is 11.1 Å². The Labute approximate surface area is 100 Å². The third-order valence-corrected chi connectivity index (χ3v) is 2.43. The minimum absolute atomic E-state index is 0.435. The zero-order valence-corrected chi connectivity index (χ0v) is 9.34. The van der Waals surface area contributed by atoms with Gasteiger partial charge in [-0.1, -0.05) is 48.5 Å². The van der Waals surface area contributed by atoms with Crippen LogP contribution < -0.4 is 5.73 Å². The van der Waals surface area contributed by atoms with Crippen LogP contribution in [0.1, 0.15) is 5.56 Å². The summed E-state index contributed by atoms with van der Waals surface area (Å²) in [6, 6.07) is 18.1. The lowest BCUT2D eigenvalue weighted by atomic mass is 10.0. The monoisotopic (exact) mass is 223 g/mol. The van der Waals surface area contributed by atoms with Crippen molar-refractivity contribution in [3.63, 3.8) is 0 Å². The quantitative estimate of drug-likeness (QED) is 0.799. The van der Waals surface area contributed by atoms with Crippen LogP contribution in [0, 0.1) is 0 Å². The Morgan fingerprint density at radius 2 is 1.65 bits per heavy atom. The molecular formula is C15H13NO. The molecular weight excluding hydrogens is 210 g/mol. The van der Waals surface area contributed by atoms with E-state index < -0.39 is 5.91 Å². The summed E-state index contributed by atoms with van der Waals surface area (Å²) in [6.07, 6.45) is 3.08. The van der Waals surface area contributed by atoms with Gasteiger partial charge in [-0.05, 0) is 28.8 Å². The molecule has 2 heteroatoms. The van der Waals surface area contributed by atoms with Crippen LogP contribution >= 0.6 is 0 Å². The highest BCUT2D eigenvalue weighted by molar-refractivity contribution is 5.90. The van der Waals surface area contributed by atoms with Crippen molar-refractivity contribution in [2.45, 2.75) is 0 Å². The maximum Gasteiger partial charge on any atom is 0.241 e. The standard InChI is InChI=1S/C15H13NO/c16-15(17)10-9-12-5-4-8-14(11-12)13-6-2-1-3-7-13/h1-11H,(H2,16,17)/b10-9-. The Morgan fingerprint density at radius 1 is 0.941 bits per heavy atom. The van der Waals surface area contributed by atoms with Gasteiger partial charge in [-0.25, -0.2) is 0 Å². The van der Waals surface area contributed by atoms with Crippen molar-refractivity contribution in [3.05, 3.63) is 66.2 Å². The summed E-state index contributed by atoms with van der Waals surface area (Å²) in [5.41, 5.74) is 8.30. The summed E-state index contributed by atoms with van der Waals surface area (Å²) in [7, 11) is 0. The van der Waals surface area contributed by atoms with Crippen molar-refractivity contribution in [1.29, 1.82) is 0 Å². The molecule has 0 aromatic heterocycles. The Bertz CT molecular complexity index is 544. The summed E-state index contributed by atoms with van der Waals surface area (Å²) in [5, 5.41) is 0. The molecule has 0 saturated carbocycles. The lowest BCUT2D eigenvalue weighted by Crippen LogP contribution is -2.05. The molecule has 17 heavy (non-hydrogen) atoms. The number of carbonyl (C=O) groups excluding carboxylic acids is 1. The lowest BCUT2D eigenvalue weighted by molar-refractivity contribution is -0.113. The smallest absolute Gasteiger partial charge is 0.241 e. The number of rotatable bonds is 3. The van der Waals surface area contributed by atoms with E-state index in [2.05, 4.69) is 12.1 Å². The van der Waals surface area contributed by atoms with E-state index in [4.69, 9.17) is 5.73 Å². The number of nitrogens with two attached hydrogens (primary N) is 1. The average molecular weight is 223 g/mol. The molecule has 0 radical (unpaired) electrons. The van der Waals surface area contributed by atoms with Gasteiger partial charge in [-0.15, -0.1) is 0 Å². The Morgan fingerprint density at radius 3 is 2.35 bits per heavy atom. The topological polar surface area (TPSA) is 43.1 Å². The first-order valence-corrected chi connectivity index (χ1v) is 5.39. The first kappa shape index (κ1) is 11.1. The van der Waals surface area contributed by atoms with Crippen LogP contribution in [0.2, 0.25) is 0 Å². The zero-order chi connectivity index (χ0) is 12.1. The van der Waals surface area contributed by atoms with Gasteiger partial charge in [0.15, 0.2) is 0 Å². The molecule has 0 atom stereocenters. The van der Waals surface area contributed by atoms with E-state index in [0.717, 1.165) is 16.7 Å². The Hall–Kier alpha value is -2.35. The average Bonchev–Trinajstić information content (AvgIpc) is 2.38. The third-order valence-electron chi connectivity index (χ3n) is 2.43. The molecule has 0 heterocycles. The van der Waals surface area contributed by atoms with Crippen LogP contribution in [-0.4, -0.2) is 5.91 Å². The summed E-state index contributed by atoms with van der Waals surface area (Å²) in [5.74, 6) is -0.435. The third kappa shape index (κ3) is 3.05. The predicted molar refractivity (Wildman–Crippen MR) is 70.1 cm³/mol. The number of benzene rings is 2. The summed E-state index contributed by atoms with van der Waals surface area (Å²) in [4.78, 5) is 10.7. The second-order valence-electron chi connectivity index (χ2n) is 3.73. The molecule has 84 valence electrons. The molecule has 2 N–H and O–H groups in total. The Kier molecular flexibility index (Phi) is 3.36. The highest BCUT2D eigenvalue weighted by Gasteiger charge is 1.96. The van der Waals surface area contributed by atoms with Crippen LogP contribution in [0.4, 0.5) is 0 Å². The van der Waals surface area contributed by atoms with Gasteiger partial charge >= 0.3 is 0 Å².